The molecule has 0 aliphatic heterocycles. The van der Waals surface area contributed by atoms with E-state index in [4.69, 9.17) is 5.26 Å². The van der Waals surface area contributed by atoms with Crippen LogP contribution in [0.4, 0.5) is 0 Å². The third kappa shape index (κ3) is 5.49. The van der Waals surface area contributed by atoms with E-state index in [0.717, 1.165) is 11.8 Å². The van der Waals surface area contributed by atoms with Crippen LogP contribution >= 0.6 is 11.8 Å². The number of methoxy groups -OCH3 is 1. The minimum atomic E-state index is -0.393. The van der Waals surface area contributed by atoms with Crippen LogP contribution in [0.5, 0.6) is 0 Å². The maximum absolute atomic E-state index is 10.5. The van der Waals surface area contributed by atoms with Gasteiger partial charge in [0.1, 0.15) is 5.40 Å². The number of carbonyl (C=O) groups excluding carboxylic acids is 1. The molecule has 0 fully saturated rings. The van der Waals surface area contributed by atoms with Gasteiger partial charge in [-0.25, -0.2) is 4.79 Å². The minimum Gasteiger partial charge on any atom is -0.466 e. The quantitative estimate of drug-likeness (QED) is 0.365. The van der Waals surface area contributed by atoms with Gasteiger partial charge in [0.25, 0.3) is 0 Å². The van der Waals surface area contributed by atoms with E-state index in [0.29, 0.717) is 0 Å². The van der Waals surface area contributed by atoms with Crippen molar-refractivity contribution >= 4 is 17.7 Å². The van der Waals surface area contributed by atoms with Crippen LogP contribution in [-0.2, 0) is 9.53 Å². The van der Waals surface area contributed by atoms with Gasteiger partial charge in [-0.3, -0.25) is 0 Å². The molecule has 0 aromatic rings. The topological polar surface area (TPSA) is 50.1 Å². The summed E-state index contributed by atoms with van der Waals surface area (Å²) >= 11 is 1.09. The average Bonchev–Trinajstić information content (AvgIpc) is 2.01. The monoisotopic (exact) mass is 171 g/mol. The molecule has 1 unspecified atom stereocenters. The van der Waals surface area contributed by atoms with Gasteiger partial charge in [-0.15, -0.1) is 0 Å². The van der Waals surface area contributed by atoms with Gasteiger partial charge in [0, 0.05) is 11.3 Å². The van der Waals surface area contributed by atoms with Crippen molar-refractivity contribution in [2.45, 2.75) is 12.2 Å². The molecule has 11 heavy (non-hydrogen) atoms. The minimum absolute atomic E-state index is 0.0269. The van der Waals surface area contributed by atoms with Crippen LogP contribution in [-0.4, -0.2) is 18.3 Å². The predicted octanol–water partition coefficient (Wildman–Crippen LogP) is 1.32. The molecule has 0 saturated carbocycles. The number of ether oxygens (including phenoxy) is 1. The zero-order chi connectivity index (χ0) is 8.69. The molecule has 4 heteroatoms. The largest absolute Gasteiger partial charge is 0.466 e. The molecule has 0 saturated heterocycles. The first-order valence-corrected chi connectivity index (χ1v) is 3.89. The van der Waals surface area contributed by atoms with Gasteiger partial charge < -0.3 is 4.74 Å². The number of thiocyanates is 1. The SMILES string of the molecule is COC(=O)/C=C/C(C)SC#N. The summed E-state index contributed by atoms with van der Waals surface area (Å²) in [6.45, 7) is 1.83. The molecule has 0 bridgehead atoms. The summed E-state index contributed by atoms with van der Waals surface area (Å²) in [5.41, 5.74) is 0. The molecule has 3 nitrogen and oxygen atoms in total. The van der Waals surface area contributed by atoms with Crippen LogP contribution in [0.25, 0.3) is 0 Å². The Morgan fingerprint density at radius 2 is 2.45 bits per heavy atom. The van der Waals surface area contributed by atoms with E-state index in [-0.39, 0.29) is 5.25 Å². The highest BCUT2D eigenvalue weighted by Gasteiger charge is 1.97. The van der Waals surface area contributed by atoms with Gasteiger partial charge in [0.2, 0.25) is 0 Å². The van der Waals surface area contributed by atoms with E-state index in [2.05, 4.69) is 4.74 Å². The van der Waals surface area contributed by atoms with Crippen LogP contribution in [0, 0.1) is 10.7 Å². The van der Waals surface area contributed by atoms with Crippen LogP contribution in [0.3, 0.4) is 0 Å². The Balaban J connectivity index is 3.74. The fraction of sp³-hybridized carbons (Fsp3) is 0.429. The number of thioether (sulfide) groups is 1. The third-order valence-electron chi connectivity index (χ3n) is 0.943. The van der Waals surface area contributed by atoms with Crippen molar-refractivity contribution < 1.29 is 9.53 Å². The van der Waals surface area contributed by atoms with E-state index in [1.165, 1.54) is 13.2 Å². The summed E-state index contributed by atoms with van der Waals surface area (Å²) in [6, 6.07) is 0. The Bertz CT molecular complexity index is 195. The van der Waals surface area contributed by atoms with Crippen molar-refractivity contribution in [2.24, 2.45) is 0 Å². The van der Waals surface area contributed by atoms with Crippen molar-refractivity contribution in [3.8, 4) is 5.40 Å². The number of carbonyl (C=O) groups is 1. The number of esters is 1. The molecule has 1 atom stereocenters. The molecule has 0 N–H and O–H groups in total. The lowest BCUT2D eigenvalue weighted by molar-refractivity contribution is -0.134. The van der Waals surface area contributed by atoms with Gasteiger partial charge in [-0.05, 0) is 18.7 Å². The molecule has 0 aromatic carbocycles. The predicted molar refractivity (Wildman–Crippen MR) is 43.8 cm³/mol. The second-order valence-corrected chi connectivity index (χ2v) is 2.96. The molecule has 0 radical (unpaired) electrons. The molecule has 0 aliphatic carbocycles. The van der Waals surface area contributed by atoms with E-state index < -0.39 is 5.97 Å². The fourth-order valence-corrected chi connectivity index (χ4v) is 0.728. The van der Waals surface area contributed by atoms with Crippen molar-refractivity contribution in [1.82, 2.24) is 0 Å². The van der Waals surface area contributed by atoms with Gasteiger partial charge >= 0.3 is 5.97 Å². The summed E-state index contributed by atoms with van der Waals surface area (Å²) in [7, 11) is 1.31. The molecular formula is C7H9NO2S. The van der Waals surface area contributed by atoms with Crippen LogP contribution < -0.4 is 0 Å². The number of hydrogen-bond donors (Lipinski definition) is 0. The molecule has 0 heterocycles. The normalized spacial score (nSPS) is 12.5. The van der Waals surface area contributed by atoms with Crippen molar-refractivity contribution in [3.05, 3.63) is 12.2 Å². The first-order chi connectivity index (χ1) is 5.20. The zero-order valence-corrected chi connectivity index (χ0v) is 7.22. The summed E-state index contributed by atoms with van der Waals surface area (Å²) in [5, 5.41) is 10.2. The van der Waals surface area contributed by atoms with Crippen LogP contribution in [0.15, 0.2) is 12.2 Å². The Morgan fingerprint density at radius 1 is 1.82 bits per heavy atom. The highest BCUT2D eigenvalue weighted by Crippen LogP contribution is 2.08. The third-order valence-corrected chi connectivity index (χ3v) is 1.58. The van der Waals surface area contributed by atoms with Crippen LogP contribution in [0.2, 0.25) is 0 Å². The number of nitrogens with zero attached hydrogens (tertiary/aromatic N) is 1. The molecule has 0 rings (SSSR count). The Labute approximate surface area is 70.0 Å². The van der Waals surface area contributed by atoms with Gasteiger partial charge in [0.15, 0.2) is 0 Å². The number of nitriles is 1. The lowest BCUT2D eigenvalue weighted by Gasteiger charge is -1.95. The number of rotatable bonds is 3. The zero-order valence-electron chi connectivity index (χ0n) is 6.40. The second-order valence-electron chi connectivity index (χ2n) is 1.80. The molecule has 0 aromatic heterocycles. The van der Waals surface area contributed by atoms with Gasteiger partial charge in [0.05, 0.1) is 7.11 Å². The Hall–Kier alpha value is -0.950. The van der Waals surface area contributed by atoms with E-state index in [1.807, 2.05) is 12.3 Å². The van der Waals surface area contributed by atoms with E-state index >= 15 is 0 Å². The summed E-state index contributed by atoms with van der Waals surface area (Å²) in [4.78, 5) is 10.5. The maximum Gasteiger partial charge on any atom is 0.330 e. The highest BCUT2D eigenvalue weighted by atomic mass is 32.2. The second kappa shape index (κ2) is 5.81. The highest BCUT2D eigenvalue weighted by molar-refractivity contribution is 8.04. The molecular weight excluding hydrogens is 162 g/mol. The van der Waals surface area contributed by atoms with Crippen LogP contribution in [0.1, 0.15) is 6.92 Å². The van der Waals surface area contributed by atoms with Crippen molar-refractivity contribution in [3.63, 3.8) is 0 Å². The average molecular weight is 171 g/mol. The molecule has 0 amide bonds. The van der Waals surface area contributed by atoms with E-state index in [1.54, 1.807) is 6.08 Å². The van der Waals surface area contributed by atoms with Gasteiger partial charge in [-0.1, -0.05) is 6.08 Å². The number of hydrogen-bond acceptors (Lipinski definition) is 4. The lowest BCUT2D eigenvalue weighted by atomic mass is 10.4. The van der Waals surface area contributed by atoms with E-state index in [9.17, 15) is 4.79 Å². The first kappa shape index (κ1) is 10.0. The molecule has 60 valence electrons. The summed E-state index contributed by atoms with van der Waals surface area (Å²) in [5.74, 6) is -0.393. The maximum atomic E-state index is 10.5. The first-order valence-electron chi connectivity index (χ1n) is 3.01. The molecule has 0 aliphatic rings. The molecule has 0 spiro atoms. The van der Waals surface area contributed by atoms with Crippen molar-refractivity contribution in [1.29, 1.82) is 5.26 Å². The lowest BCUT2D eigenvalue weighted by Crippen LogP contribution is -1.96. The summed E-state index contributed by atoms with van der Waals surface area (Å²) < 4.78 is 4.36. The smallest absolute Gasteiger partial charge is 0.330 e. The Kier molecular flexibility index (Phi) is 5.30. The Morgan fingerprint density at radius 3 is 2.91 bits per heavy atom. The van der Waals surface area contributed by atoms with Crippen molar-refractivity contribution in [2.75, 3.05) is 7.11 Å². The standard InChI is InChI=1S/C7H9NO2S/c1-6(11-5-8)3-4-7(9)10-2/h3-4,6H,1-2H3/b4-3+. The fourth-order valence-electron chi connectivity index (χ4n) is 0.405. The summed E-state index contributed by atoms with van der Waals surface area (Å²) in [6.07, 6.45) is 2.94. The van der Waals surface area contributed by atoms with Gasteiger partial charge in [-0.2, -0.15) is 5.26 Å².